The number of nitrogens with zero attached hydrogens (tertiary/aromatic N) is 2. The molecule has 0 radical (unpaired) electrons. The van der Waals surface area contributed by atoms with E-state index in [4.69, 9.17) is 5.11 Å². The maximum Gasteiger partial charge on any atom is 0.309 e. The number of amides is 1. The Balaban J connectivity index is 0.00000180. The highest BCUT2D eigenvalue weighted by Gasteiger charge is 2.10. The molecule has 0 spiro atoms. The third-order valence-electron chi connectivity index (χ3n) is 2.03. The minimum Gasteiger partial charge on any atom is -0.481 e. The van der Waals surface area contributed by atoms with Gasteiger partial charge in [0.2, 0.25) is 0 Å². The lowest BCUT2D eigenvalue weighted by molar-refractivity contribution is -0.136. The number of thiazole rings is 1. The van der Waals surface area contributed by atoms with Crippen LogP contribution in [0.15, 0.2) is 29.9 Å². The Morgan fingerprint density at radius 1 is 1.42 bits per heavy atom. The summed E-state index contributed by atoms with van der Waals surface area (Å²) in [6.07, 6.45) is 2.87. The number of carbonyl (C=O) groups is 2. The van der Waals surface area contributed by atoms with Crippen molar-refractivity contribution in [2.75, 3.05) is 5.32 Å². The largest absolute Gasteiger partial charge is 0.481 e. The molecule has 4 N–H and O–H groups in total. The number of pyridine rings is 1. The molecule has 1 amide bonds. The second-order valence-corrected chi connectivity index (χ2v) is 4.27. The maximum absolute atomic E-state index is 11.7. The summed E-state index contributed by atoms with van der Waals surface area (Å²) in [4.78, 5) is 30.1. The second kappa shape index (κ2) is 6.57. The molecule has 19 heavy (non-hydrogen) atoms. The Morgan fingerprint density at radius 3 is 2.84 bits per heavy atom. The van der Waals surface area contributed by atoms with Crippen LogP contribution in [0.3, 0.4) is 0 Å². The maximum atomic E-state index is 11.7. The zero-order valence-corrected chi connectivity index (χ0v) is 10.5. The predicted octanol–water partition coefficient (Wildman–Crippen LogP) is 0.593. The highest BCUT2D eigenvalue weighted by Crippen LogP contribution is 2.16. The van der Waals surface area contributed by atoms with Gasteiger partial charge in [0.25, 0.3) is 5.91 Å². The van der Waals surface area contributed by atoms with E-state index in [1.165, 1.54) is 17.5 Å². The number of carboxylic acid groups (broad SMARTS) is 1. The molecule has 0 unspecified atom stereocenters. The van der Waals surface area contributed by atoms with Gasteiger partial charge in [0.05, 0.1) is 17.7 Å². The van der Waals surface area contributed by atoms with Crippen LogP contribution in [-0.4, -0.2) is 32.4 Å². The van der Waals surface area contributed by atoms with Crippen LogP contribution in [0, 0.1) is 0 Å². The minimum atomic E-state index is -0.953. The molecule has 2 rings (SSSR count). The fraction of sp³-hybridized carbons (Fsp3) is 0.0909. The van der Waals surface area contributed by atoms with Gasteiger partial charge in [-0.2, -0.15) is 0 Å². The Labute approximate surface area is 112 Å². The molecule has 0 fully saturated rings. The normalized spacial score (nSPS) is 9.47. The zero-order chi connectivity index (χ0) is 13.0. The Morgan fingerprint density at radius 2 is 2.21 bits per heavy atom. The summed E-state index contributed by atoms with van der Waals surface area (Å²) in [5, 5.41) is 13.2. The molecular formula is C11H11N3O4S. The van der Waals surface area contributed by atoms with E-state index in [0.29, 0.717) is 16.4 Å². The average Bonchev–Trinajstić information content (AvgIpc) is 2.76. The van der Waals surface area contributed by atoms with E-state index in [2.05, 4.69) is 15.3 Å². The lowest BCUT2D eigenvalue weighted by atomic mass is 10.3. The third kappa shape index (κ3) is 4.12. The second-order valence-electron chi connectivity index (χ2n) is 3.41. The Bertz CT molecular complexity index is 570. The molecule has 2 aromatic rings. The summed E-state index contributed by atoms with van der Waals surface area (Å²) in [7, 11) is 0. The van der Waals surface area contributed by atoms with Crippen LogP contribution < -0.4 is 5.32 Å². The van der Waals surface area contributed by atoms with Gasteiger partial charge in [0.15, 0.2) is 5.13 Å². The number of carboxylic acids is 1. The molecule has 0 saturated carbocycles. The number of nitrogens with one attached hydrogen (secondary N) is 1. The summed E-state index contributed by atoms with van der Waals surface area (Å²) in [6.45, 7) is 0. The van der Waals surface area contributed by atoms with Crippen LogP contribution in [-0.2, 0) is 11.2 Å². The van der Waals surface area contributed by atoms with Crippen molar-refractivity contribution in [3.63, 3.8) is 0 Å². The summed E-state index contributed by atoms with van der Waals surface area (Å²) >= 11 is 1.19. The Kier molecular flexibility index (Phi) is 5.10. The topological polar surface area (TPSA) is 124 Å². The summed E-state index contributed by atoms with van der Waals surface area (Å²) in [6, 6.07) is 3.29. The van der Waals surface area contributed by atoms with E-state index < -0.39 is 5.97 Å². The number of carbonyl (C=O) groups excluding carboxylic acids is 1. The molecule has 100 valence electrons. The first kappa shape index (κ1) is 14.7. The number of hydrogen-bond donors (Lipinski definition) is 2. The number of hydrogen-bond acceptors (Lipinski definition) is 5. The molecular weight excluding hydrogens is 270 g/mol. The first-order valence-corrected chi connectivity index (χ1v) is 5.90. The molecule has 0 aliphatic rings. The van der Waals surface area contributed by atoms with Crippen LogP contribution in [0.1, 0.15) is 16.1 Å². The molecule has 0 aliphatic carbocycles. The van der Waals surface area contributed by atoms with E-state index in [1.807, 2.05) is 0 Å². The number of rotatable bonds is 4. The summed E-state index contributed by atoms with van der Waals surface area (Å²) in [5.41, 5.74) is 0.849. The van der Waals surface area contributed by atoms with Gasteiger partial charge >= 0.3 is 5.97 Å². The van der Waals surface area contributed by atoms with Gasteiger partial charge in [-0.3, -0.25) is 19.9 Å². The summed E-state index contributed by atoms with van der Waals surface area (Å²) in [5.74, 6) is -1.27. The minimum absolute atomic E-state index is 0. The molecule has 2 heterocycles. The zero-order valence-electron chi connectivity index (χ0n) is 9.66. The number of anilines is 1. The van der Waals surface area contributed by atoms with Gasteiger partial charge in [0, 0.05) is 17.8 Å². The van der Waals surface area contributed by atoms with Gasteiger partial charge in [-0.05, 0) is 12.1 Å². The van der Waals surface area contributed by atoms with E-state index in [-0.39, 0.29) is 17.8 Å². The van der Waals surface area contributed by atoms with Crippen molar-refractivity contribution in [1.82, 2.24) is 9.97 Å². The van der Waals surface area contributed by atoms with Crippen LogP contribution in [0.5, 0.6) is 0 Å². The molecule has 8 heteroatoms. The van der Waals surface area contributed by atoms with Crippen molar-refractivity contribution in [1.29, 1.82) is 0 Å². The van der Waals surface area contributed by atoms with E-state index in [1.54, 1.807) is 23.7 Å². The highest BCUT2D eigenvalue weighted by molar-refractivity contribution is 7.14. The van der Waals surface area contributed by atoms with Crippen LogP contribution in [0.4, 0.5) is 5.13 Å². The van der Waals surface area contributed by atoms with E-state index in [9.17, 15) is 9.59 Å². The van der Waals surface area contributed by atoms with E-state index in [0.717, 1.165) is 0 Å². The van der Waals surface area contributed by atoms with Crippen LogP contribution in [0.2, 0.25) is 0 Å². The van der Waals surface area contributed by atoms with E-state index >= 15 is 0 Å². The molecule has 0 saturated heterocycles. The van der Waals surface area contributed by atoms with Gasteiger partial charge in [-0.25, -0.2) is 4.98 Å². The van der Waals surface area contributed by atoms with Crippen molar-refractivity contribution in [3.8, 4) is 0 Å². The van der Waals surface area contributed by atoms with Gasteiger partial charge in [-0.1, -0.05) is 0 Å². The monoisotopic (exact) mass is 281 g/mol. The quantitative estimate of drug-likeness (QED) is 0.848. The first-order chi connectivity index (χ1) is 8.65. The SMILES string of the molecule is O.O=C(O)Cc1csc(NC(=O)c2cccnc2)n1. The van der Waals surface area contributed by atoms with Crippen LogP contribution >= 0.6 is 11.3 Å². The highest BCUT2D eigenvalue weighted by atomic mass is 32.1. The van der Waals surface area contributed by atoms with Crippen molar-refractivity contribution in [2.24, 2.45) is 0 Å². The molecule has 0 aliphatic heterocycles. The van der Waals surface area contributed by atoms with Crippen molar-refractivity contribution >= 4 is 28.3 Å². The predicted molar refractivity (Wildman–Crippen MR) is 69.3 cm³/mol. The number of aromatic nitrogens is 2. The number of aliphatic carboxylic acids is 1. The molecule has 2 aromatic heterocycles. The lowest BCUT2D eigenvalue weighted by Gasteiger charge is -1.99. The third-order valence-corrected chi connectivity index (χ3v) is 2.83. The Hall–Kier alpha value is -2.32. The van der Waals surface area contributed by atoms with Crippen molar-refractivity contribution in [2.45, 2.75) is 6.42 Å². The molecule has 7 nitrogen and oxygen atoms in total. The van der Waals surface area contributed by atoms with Crippen molar-refractivity contribution in [3.05, 3.63) is 41.2 Å². The fourth-order valence-electron chi connectivity index (χ4n) is 1.27. The molecule has 0 atom stereocenters. The molecule has 0 bridgehead atoms. The van der Waals surface area contributed by atoms with Gasteiger partial charge in [0.1, 0.15) is 0 Å². The summed E-state index contributed by atoms with van der Waals surface area (Å²) < 4.78 is 0. The molecule has 0 aromatic carbocycles. The van der Waals surface area contributed by atoms with Gasteiger partial charge in [-0.15, -0.1) is 11.3 Å². The lowest BCUT2D eigenvalue weighted by Crippen LogP contribution is -2.12. The standard InChI is InChI=1S/C11H9N3O3S.H2O/c15-9(16)4-8-6-18-11(13-8)14-10(17)7-2-1-3-12-5-7;/h1-3,5-6H,4H2,(H,15,16)(H,13,14,17);1H2. The first-order valence-electron chi connectivity index (χ1n) is 5.03. The fourth-order valence-corrected chi connectivity index (χ4v) is 1.97. The van der Waals surface area contributed by atoms with Gasteiger partial charge < -0.3 is 10.6 Å². The van der Waals surface area contributed by atoms with Crippen LogP contribution in [0.25, 0.3) is 0 Å². The smallest absolute Gasteiger partial charge is 0.309 e. The average molecular weight is 281 g/mol. The van der Waals surface area contributed by atoms with Crippen molar-refractivity contribution < 1.29 is 20.2 Å².